The van der Waals surface area contributed by atoms with Crippen LogP contribution in [-0.4, -0.2) is 42.3 Å². The van der Waals surface area contributed by atoms with Crippen molar-refractivity contribution in [1.82, 2.24) is 10.2 Å². The lowest BCUT2D eigenvalue weighted by Crippen LogP contribution is -2.53. The van der Waals surface area contributed by atoms with Gasteiger partial charge in [0, 0.05) is 24.9 Å². The van der Waals surface area contributed by atoms with E-state index in [-0.39, 0.29) is 36.1 Å². The predicted octanol–water partition coefficient (Wildman–Crippen LogP) is 4.50. The van der Waals surface area contributed by atoms with Crippen LogP contribution in [0.25, 0.3) is 0 Å². The minimum absolute atomic E-state index is 0.0974. The number of rotatable bonds is 8. The van der Waals surface area contributed by atoms with Crippen molar-refractivity contribution >= 4 is 46.6 Å². The SMILES string of the molecule is CCN(CC(=O)Nc1c(Cl)cccc1Cl)C(=O)CCNC(=O)C12CC3CC(CC(C3)C1)C2. The quantitative estimate of drug-likeness (QED) is 0.575. The molecular formula is C24H31Cl2N3O3. The summed E-state index contributed by atoms with van der Waals surface area (Å²) in [5.74, 6) is 1.70. The topological polar surface area (TPSA) is 78.5 Å². The highest BCUT2D eigenvalue weighted by atomic mass is 35.5. The molecule has 0 radical (unpaired) electrons. The third-order valence-corrected chi connectivity index (χ3v) is 8.07. The summed E-state index contributed by atoms with van der Waals surface area (Å²) < 4.78 is 0. The van der Waals surface area contributed by atoms with Crippen molar-refractivity contribution in [2.24, 2.45) is 23.2 Å². The van der Waals surface area contributed by atoms with E-state index < -0.39 is 0 Å². The number of nitrogens with one attached hydrogen (secondary N) is 2. The van der Waals surface area contributed by atoms with Gasteiger partial charge in [0.25, 0.3) is 0 Å². The van der Waals surface area contributed by atoms with Crippen molar-refractivity contribution < 1.29 is 14.4 Å². The Labute approximate surface area is 199 Å². The van der Waals surface area contributed by atoms with Crippen molar-refractivity contribution in [2.75, 3.05) is 25.0 Å². The molecule has 32 heavy (non-hydrogen) atoms. The molecule has 0 aliphatic heterocycles. The number of hydrogen-bond acceptors (Lipinski definition) is 3. The summed E-state index contributed by atoms with van der Waals surface area (Å²) in [5, 5.41) is 6.40. The molecule has 0 saturated heterocycles. The molecule has 0 unspecified atom stereocenters. The van der Waals surface area contributed by atoms with E-state index >= 15 is 0 Å². The molecule has 4 bridgehead atoms. The van der Waals surface area contributed by atoms with Crippen molar-refractivity contribution in [3.8, 4) is 0 Å². The van der Waals surface area contributed by atoms with Crippen LogP contribution in [0.15, 0.2) is 18.2 Å². The lowest BCUT2D eigenvalue weighted by Gasteiger charge is -2.55. The fraction of sp³-hybridized carbons (Fsp3) is 0.625. The Hall–Kier alpha value is -1.79. The zero-order chi connectivity index (χ0) is 22.9. The summed E-state index contributed by atoms with van der Waals surface area (Å²) in [6.07, 6.45) is 7.06. The van der Waals surface area contributed by atoms with E-state index in [1.54, 1.807) is 18.2 Å². The number of halogens is 2. The molecule has 0 atom stereocenters. The molecule has 4 saturated carbocycles. The maximum absolute atomic E-state index is 13.0. The first-order chi connectivity index (χ1) is 15.3. The molecule has 8 heteroatoms. The van der Waals surface area contributed by atoms with E-state index in [9.17, 15) is 14.4 Å². The molecule has 0 aromatic heterocycles. The second-order valence-corrected chi connectivity index (χ2v) is 10.6. The third kappa shape index (κ3) is 4.91. The largest absolute Gasteiger partial charge is 0.355 e. The number of carbonyl (C=O) groups excluding carboxylic acids is 3. The zero-order valence-corrected chi connectivity index (χ0v) is 20.0. The van der Waals surface area contributed by atoms with Gasteiger partial charge in [-0.05, 0) is 75.3 Å². The zero-order valence-electron chi connectivity index (χ0n) is 18.5. The predicted molar refractivity (Wildman–Crippen MR) is 126 cm³/mol. The number of benzene rings is 1. The fourth-order valence-electron chi connectivity index (χ4n) is 6.36. The van der Waals surface area contributed by atoms with Crippen LogP contribution in [0, 0.1) is 23.2 Å². The summed E-state index contributed by atoms with van der Waals surface area (Å²) in [6.45, 7) is 2.42. The fourth-order valence-corrected chi connectivity index (χ4v) is 6.86. The van der Waals surface area contributed by atoms with E-state index in [2.05, 4.69) is 10.6 Å². The second kappa shape index (κ2) is 9.60. The van der Waals surface area contributed by atoms with Gasteiger partial charge in [-0.25, -0.2) is 0 Å². The maximum Gasteiger partial charge on any atom is 0.244 e. The molecule has 4 aliphatic rings. The Morgan fingerprint density at radius 3 is 2.12 bits per heavy atom. The Morgan fingerprint density at radius 1 is 1.03 bits per heavy atom. The van der Waals surface area contributed by atoms with Gasteiger partial charge < -0.3 is 15.5 Å². The van der Waals surface area contributed by atoms with Crippen LogP contribution in [0.1, 0.15) is 51.9 Å². The average Bonchev–Trinajstić information content (AvgIpc) is 2.73. The van der Waals surface area contributed by atoms with Gasteiger partial charge in [-0.3, -0.25) is 14.4 Å². The molecule has 3 amide bonds. The molecule has 0 heterocycles. The maximum atomic E-state index is 13.0. The standard InChI is InChI=1S/C24H31Cl2N3O3/c1-2-29(14-20(30)28-22-18(25)4-3-5-19(22)26)21(31)6-7-27-23(32)24-11-15-8-16(12-24)10-17(9-15)13-24/h3-5,15-17H,2,6-14H2,1H3,(H,27,32)(H,28,30). The van der Waals surface area contributed by atoms with Gasteiger partial charge in [0.15, 0.2) is 0 Å². The summed E-state index contributed by atoms with van der Waals surface area (Å²) in [4.78, 5) is 39.6. The number of amides is 3. The van der Waals surface area contributed by atoms with Crippen molar-refractivity contribution in [3.63, 3.8) is 0 Å². The first-order valence-corrected chi connectivity index (χ1v) is 12.3. The molecule has 6 nitrogen and oxygen atoms in total. The van der Waals surface area contributed by atoms with E-state index in [4.69, 9.17) is 23.2 Å². The number of hydrogen-bond donors (Lipinski definition) is 2. The molecule has 2 N–H and O–H groups in total. The van der Waals surface area contributed by atoms with Crippen LogP contribution in [-0.2, 0) is 14.4 Å². The Morgan fingerprint density at radius 2 is 1.59 bits per heavy atom. The van der Waals surface area contributed by atoms with Gasteiger partial charge in [-0.2, -0.15) is 0 Å². The highest BCUT2D eigenvalue weighted by molar-refractivity contribution is 6.39. The molecule has 174 valence electrons. The first kappa shape index (κ1) is 23.4. The van der Waals surface area contributed by atoms with Gasteiger partial charge in [0.2, 0.25) is 17.7 Å². The van der Waals surface area contributed by atoms with E-state index in [0.717, 1.165) is 19.3 Å². The van der Waals surface area contributed by atoms with Gasteiger partial charge in [-0.15, -0.1) is 0 Å². The van der Waals surface area contributed by atoms with Crippen LogP contribution >= 0.6 is 23.2 Å². The van der Waals surface area contributed by atoms with Crippen molar-refractivity contribution in [3.05, 3.63) is 28.2 Å². The summed E-state index contributed by atoms with van der Waals surface area (Å²) >= 11 is 12.2. The monoisotopic (exact) mass is 479 g/mol. The van der Waals surface area contributed by atoms with Crippen molar-refractivity contribution in [1.29, 1.82) is 0 Å². The van der Waals surface area contributed by atoms with Crippen LogP contribution < -0.4 is 10.6 Å². The Bertz CT molecular complexity index is 849. The lowest BCUT2D eigenvalue weighted by atomic mass is 9.49. The minimum Gasteiger partial charge on any atom is -0.355 e. The third-order valence-electron chi connectivity index (χ3n) is 7.44. The molecule has 1 aromatic rings. The van der Waals surface area contributed by atoms with Crippen LogP contribution in [0.4, 0.5) is 5.69 Å². The van der Waals surface area contributed by atoms with Gasteiger partial charge in [0.05, 0.1) is 22.3 Å². The van der Waals surface area contributed by atoms with Crippen LogP contribution in [0.2, 0.25) is 10.0 Å². The molecule has 5 rings (SSSR count). The number of carbonyl (C=O) groups is 3. The number of nitrogens with zero attached hydrogens (tertiary/aromatic N) is 1. The van der Waals surface area contributed by atoms with E-state index in [1.165, 1.54) is 24.2 Å². The van der Waals surface area contributed by atoms with Crippen molar-refractivity contribution in [2.45, 2.75) is 51.9 Å². The average molecular weight is 480 g/mol. The molecular weight excluding hydrogens is 449 g/mol. The Balaban J connectivity index is 1.25. The van der Waals surface area contributed by atoms with E-state index in [0.29, 0.717) is 46.6 Å². The van der Waals surface area contributed by atoms with Crippen LogP contribution in [0.5, 0.6) is 0 Å². The smallest absolute Gasteiger partial charge is 0.244 e. The molecule has 4 aliphatic carbocycles. The first-order valence-electron chi connectivity index (χ1n) is 11.6. The lowest BCUT2D eigenvalue weighted by molar-refractivity contribution is -0.146. The highest BCUT2D eigenvalue weighted by Gasteiger charge is 2.54. The van der Waals surface area contributed by atoms with Crippen LogP contribution in [0.3, 0.4) is 0 Å². The van der Waals surface area contributed by atoms with Gasteiger partial charge >= 0.3 is 0 Å². The van der Waals surface area contributed by atoms with E-state index in [1.807, 2.05) is 6.92 Å². The molecule has 0 spiro atoms. The van der Waals surface area contributed by atoms with Gasteiger partial charge in [-0.1, -0.05) is 29.3 Å². The summed E-state index contributed by atoms with van der Waals surface area (Å²) in [7, 11) is 0. The minimum atomic E-state index is -0.368. The number of para-hydroxylation sites is 1. The normalized spacial score (nSPS) is 27.8. The molecule has 1 aromatic carbocycles. The summed E-state index contributed by atoms with van der Waals surface area (Å²) in [5.41, 5.74) is 0.128. The number of anilines is 1. The number of likely N-dealkylation sites (N-methyl/N-ethyl adjacent to an activating group) is 1. The highest BCUT2D eigenvalue weighted by Crippen LogP contribution is 2.60. The van der Waals surface area contributed by atoms with Gasteiger partial charge in [0.1, 0.15) is 0 Å². The molecule has 4 fully saturated rings. The second-order valence-electron chi connectivity index (χ2n) is 9.76. The summed E-state index contributed by atoms with van der Waals surface area (Å²) in [6, 6.07) is 4.97. The Kier molecular flexibility index (Phi) is 7.01.